The highest BCUT2D eigenvalue weighted by molar-refractivity contribution is 5.83. The van der Waals surface area contributed by atoms with Crippen LogP contribution in [-0.2, 0) is 14.3 Å². The van der Waals surface area contributed by atoms with Gasteiger partial charge in [0.1, 0.15) is 12.7 Å². The average Bonchev–Trinajstić information content (AvgIpc) is 2.93. The van der Waals surface area contributed by atoms with Crippen LogP contribution in [0.15, 0.2) is 0 Å². The minimum absolute atomic E-state index is 0.177. The SMILES string of the molecule is CC#CC#CC#CC#CC#CC#CC#CC#CC#CC#CC#CC#CC#COC(=O)CNC(=O)C(C)CC. The Morgan fingerprint density at radius 1 is 0.579 bits per heavy atom. The van der Waals surface area contributed by atoms with Gasteiger partial charge in [-0.2, -0.15) is 0 Å². The van der Waals surface area contributed by atoms with Crippen LogP contribution in [0.5, 0.6) is 0 Å². The van der Waals surface area contributed by atoms with Gasteiger partial charge in [0, 0.05) is 101 Å². The second-order valence-electron chi connectivity index (χ2n) is 5.85. The number of rotatable bonds is 4. The Bertz CT molecular complexity index is 1760. The van der Waals surface area contributed by atoms with E-state index in [9.17, 15) is 9.59 Å². The summed E-state index contributed by atoms with van der Waals surface area (Å²) in [7, 11) is 0. The molecule has 174 valence electrons. The molecule has 38 heavy (non-hydrogen) atoms. The first-order valence-electron chi connectivity index (χ1n) is 10.5. The number of esters is 1. The van der Waals surface area contributed by atoms with Crippen molar-refractivity contribution in [1.82, 2.24) is 5.32 Å². The number of carbonyl (C=O) groups is 2. The summed E-state index contributed by atoms with van der Waals surface area (Å²) >= 11 is 0. The highest BCUT2D eigenvalue weighted by atomic mass is 16.5. The standard InChI is InChI=1S/C34H15NO3/c1-4-6-7-8-9-10-11-12-13-14-15-16-17-18-19-20-21-22-23-24-25-26-27-28-29-30-38-33(36)31-35-34(37)32(3)5-2/h32H,5,31H2,1-3H3,(H,35,37). The Kier molecular flexibility index (Phi) is 20.4. The maximum Gasteiger partial charge on any atom is 0.339 e. The van der Waals surface area contributed by atoms with Gasteiger partial charge in [-0.25, -0.2) is 4.79 Å². The lowest BCUT2D eigenvalue weighted by molar-refractivity contribution is -0.138. The van der Waals surface area contributed by atoms with Gasteiger partial charge in [-0.15, -0.1) is 0 Å². The number of hydrogen-bond donors (Lipinski definition) is 1. The molecule has 0 saturated carbocycles. The summed E-state index contributed by atoms with van der Waals surface area (Å²) in [4.78, 5) is 22.9. The molecule has 0 heterocycles. The van der Waals surface area contributed by atoms with E-state index in [1.807, 2.05) is 6.92 Å². The summed E-state index contributed by atoms with van der Waals surface area (Å²) in [5.41, 5.74) is 0. The fourth-order valence-corrected chi connectivity index (χ4v) is 1.41. The summed E-state index contributed by atoms with van der Waals surface area (Å²) < 4.78 is 4.60. The van der Waals surface area contributed by atoms with E-state index < -0.39 is 5.97 Å². The molecule has 0 aromatic rings. The summed E-state index contributed by atoms with van der Waals surface area (Å²) in [6.07, 6.45) is 2.78. The van der Waals surface area contributed by atoms with E-state index in [0.29, 0.717) is 6.42 Å². The van der Waals surface area contributed by atoms with Gasteiger partial charge in [-0.05, 0) is 60.7 Å². The quantitative estimate of drug-likeness (QED) is 0.472. The molecule has 0 radical (unpaired) electrons. The molecule has 4 nitrogen and oxygen atoms in total. The fourth-order valence-electron chi connectivity index (χ4n) is 1.41. The molecule has 1 unspecified atom stereocenters. The normalized spacial score (nSPS) is 6.50. The van der Waals surface area contributed by atoms with Crippen molar-refractivity contribution in [2.75, 3.05) is 6.54 Å². The summed E-state index contributed by atoms with van der Waals surface area (Å²) in [6.45, 7) is 5.06. The third-order valence-corrected chi connectivity index (χ3v) is 3.25. The summed E-state index contributed by atoms with van der Waals surface area (Å²) in [5.74, 6) is 60.8. The van der Waals surface area contributed by atoms with Crippen LogP contribution in [0.3, 0.4) is 0 Å². The summed E-state index contributed by atoms with van der Waals surface area (Å²) in [6, 6.07) is 0. The van der Waals surface area contributed by atoms with Gasteiger partial charge in [-0.1, -0.05) is 19.8 Å². The van der Waals surface area contributed by atoms with Crippen LogP contribution in [0.1, 0.15) is 27.2 Å². The van der Waals surface area contributed by atoms with E-state index in [4.69, 9.17) is 0 Å². The zero-order chi connectivity index (χ0) is 27.9. The number of hydrogen-bond acceptors (Lipinski definition) is 3. The van der Waals surface area contributed by atoms with Gasteiger partial charge >= 0.3 is 5.97 Å². The van der Waals surface area contributed by atoms with Crippen molar-refractivity contribution in [3.63, 3.8) is 0 Å². The molecule has 0 bridgehead atoms. The highest BCUT2D eigenvalue weighted by Gasteiger charge is 2.11. The lowest BCUT2D eigenvalue weighted by Gasteiger charge is -2.07. The van der Waals surface area contributed by atoms with Crippen LogP contribution in [0, 0.1) is 160 Å². The van der Waals surface area contributed by atoms with Crippen LogP contribution >= 0.6 is 0 Å². The highest BCUT2D eigenvalue weighted by Crippen LogP contribution is 1.98. The van der Waals surface area contributed by atoms with E-state index >= 15 is 0 Å². The molecule has 0 aromatic carbocycles. The fraction of sp³-hybridized carbons (Fsp3) is 0.176. The van der Waals surface area contributed by atoms with Crippen LogP contribution in [0.4, 0.5) is 0 Å². The molecular weight excluding hydrogens is 470 g/mol. The molecule has 0 saturated heterocycles. The van der Waals surface area contributed by atoms with Gasteiger partial charge in [0.25, 0.3) is 0 Å². The van der Waals surface area contributed by atoms with E-state index in [1.165, 1.54) is 0 Å². The minimum Gasteiger partial charge on any atom is -0.370 e. The van der Waals surface area contributed by atoms with E-state index in [0.717, 1.165) is 0 Å². The van der Waals surface area contributed by atoms with Crippen LogP contribution in [-0.4, -0.2) is 18.4 Å². The Morgan fingerprint density at radius 3 is 1.21 bits per heavy atom. The van der Waals surface area contributed by atoms with Crippen molar-refractivity contribution in [3.8, 4) is 154 Å². The van der Waals surface area contributed by atoms with Gasteiger partial charge in [0.05, 0.1) is 0 Å². The zero-order valence-corrected chi connectivity index (χ0v) is 20.7. The molecule has 0 aliphatic carbocycles. The van der Waals surface area contributed by atoms with Gasteiger partial charge < -0.3 is 10.1 Å². The first-order chi connectivity index (χ1) is 18.6. The van der Waals surface area contributed by atoms with Crippen molar-refractivity contribution in [1.29, 1.82) is 0 Å². The lowest BCUT2D eigenvalue weighted by atomic mass is 10.1. The first-order valence-corrected chi connectivity index (χ1v) is 10.5. The molecular formula is C34H15NO3. The minimum atomic E-state index is -0.688. The van der Waals surface area contributed by atoms with E-state index in [1.54, 1.807) is 13.8 Å². The Balaban J connectivity index is 4.41. The van der Waals surface area contributed by atoms with Crippen molar-refractivity contribution >= 4 is 11.9 Å². The monoisotopic (exact) mass is 485 g/mol. The van der Waals surface area contributed by atoms with Gasteiger partial charge in [0.2, 0.25) is 5.91 Å². The van der Waals surface area contributed by atoms with Crippen LogP contribution in [0.2, 0.25) is 0 Å². The average molecular weight is 485 g/mol. The van der Waals surface area contributed by atoms with Gasteiger partial charge in [0.15, 0.2) is 0 Å². The molecule has 1 N–H and O–H groups in total. The second kappa shape index (κ2) is 24.9. The van der Waals surface area contributed by atoms with Gasteiger partial charge in [-0.3, -0.25) is 4.79 Å². The molecule has 1 amide bonds. The first kappa shape index (κ1) is 31.2. The Labute approximate surface area is 225 Å². The topological polar surface area (TPSA) is 55.4 Å². The van der Waals surface area contributed by atoms with Crippen LogP contribution < -0.4 is 5.32 Å². The van der Waals surface area contributed by atoms with E-state index in [-0.39, 0.29) is 18.4 Å². The molecule has 0 aliphatic heterocycles. The number of carbonyl (C=O) groups excluding carboxylic acids is 2. The third kappa shape index (κ3) is 22.4. The molecule has 0 rings (SSSR count). The number of amides is 1. The van der Waals surface area contributed by atoms with Crippen molar-refractivity contribution in [2.24, 2.45) is 5.92 Å². The molecule has 0 fully saturated rings. The van der Waals surface area contributed by atoms with Crippen molar-refractivity contribution in [3.05, 3.63) is 0 Å². The number of ether oxygens (including phenoxy) is 1. The maximum absolute atomic E-state index is 11.5. The largest absolute Gasteiger partial charge is 0.370 e. The second-order valence-corrected chi connectivity index (χ2v) is 5.85. The predicted octanol–water partition coefficient (Wildman–Crippen LogP) is 0.713. The van der Waals surface area contributed by atoms with E-state index in [2.05, 4.69) is 164 Å². The summed E-state index contributed by atoms with van der Waals surface area (Å²) in [5, 5.41) is 2.45. The number of nitrogens with one attached hydrogen (secondary N) is 1. The van der Waals surface area contributed by atoms with Crippen molar-refractivity contribution in [2.45, 2.75) is 27.2 Å². The Hall–Kier alpha value is -6.78. The Morgan fingerprint density at radius 2 is 0.895 bits per heavy atom. The third-order valence-electron chi connectivity index (χ3n) is 3.25. The molecule has 4 heteroatoms. The molecule has 0 aliphatic rings. The smallest absolute Gasteiger partial charge is 0.339 e. The molecule has 0 aromatic heterocycles. The van der Waals surface area contributed by atoms with Crippen molar-refractivity contribution < 1.29 is 14.3 Å². The molecule has 0 spiro atoms. The predicted molar refractivity (Wildman–Crippen MR) is 145 cm³/mol. The zero-order valence-electron chi connectivity index (χ0n) is 20.7. The lowest BCUT2D eigenvalue weighted by Crippen LogP contribution is -2.33. The van der Waals surface area contributed by atoms with Crippen LogP contribution in [0.25, 0.3) is 0 Å². The molecule has 1 atom stereocenters. The maximum atomic E-state index is 11.5.